The molecule has 0 radical (unpaired) electrons. The molecule has 19 heavy (non-hydrogen) atoms. The number of ether oxygens (including phenoxy) is 1. The summed E-state index contributed by atoms with van der Waals surface area (Å²) in [6.07, 6.45) is 5.18. The molecule has 0 saturated carbocycles. The van der Waals surface area contributed by atoms with Gasteiger partial charge in [-0.25, -0.2) is 4.98 Å². The zero-order chi connectivity index (χ0) is 13.8. The Hall–Kier alpha value is -1.50. The number of halogens is 2. The number of imidazole rings is 1. The van der Waals surface area contributed by atoms with Crippen molar-refractivity contribution in [2.24, 2.45) is 0 Å². The maximum Gasteiger partial charge on any atom is 0.323 e. The summed E-state index contributed by atoms with van der Waals surface area (Å²) in [4.78, 5) is 17.5. The second-order valence-electron chi connectivity index (χ2n) is 4.53. The molecule has 1 unspecified atom stereocenters. The SMILES string of the molecule is COC(=O)C1CCCCN1Cc1nccn1C(F)F. The van der Waals surface area contributed by atoms with Crippen LogP contribution in [0.3, 0.4) is 0 Å². The molecule has 2 heterocycles. The van der Waals surface area contributed by atoms with Crippen LogP contribution in [-0.4, -0.2) is 40.1 Å². The first-order valence-corrected chi connectivity index (χ1v) is 6.25. The van der Waals surface area contributed by atoms with Gasteiger partial charge in [0.05, 0.1) is 13.7 Å². The van der Waals surface area contributed by atoms with E-state index in [0.717, 1.165) is 17.4 Å². The number of carbonyl (C=O) groups is 1. The average molecular weight is 273 g/mol. The number of alkyl halides is 2. The van der Waals surface area contributed by atoms with Crippen molar-refractivity contribution in [3.8, 4) is 0 Å². The van der Waals surface area contributed by atoms with E-state index in [4.69, 9.17) is 4.74 Å². The summed E-state index contributed by atoms with van der Waals surface area (Å²) in [5, 5.41) is 0. The first kappa shape index (κ1) is 13.9. The zero-order valence-corrected chi connectivity index (χ0v) is 10.8. The smallest absolute Gasteiger partial charge is 0.323 e. The van der Waals surface area contributed by atoms with Crippen LogP contribution in [0.1, 0.15) is 31.6 Å². The molecule has 0 amide bonds. The highest BCUT2D eigenvalue weighted by Gasteiger charge is 2.30. The third-order valence-corrected chi connectivity index (χ3v) is 3.39. The van der Waals surface area contributed by atoms with E-state index in [2.05, 4.69) is 4.98 Å². The normalized spacial score (nSPS) is 20.7. The van der Waals surface area contributed by atoms with Gasteiger partial charge in [-0.05, 0) is 19.4 Å². The lowest BCUT2D eigenvalue weighted by Crippen LogP contribution is -2.45. The summed E-state index contributed by atoms with van der Waals surface area (Å²) < 4.78 is 31.1. The maximum atomic E-state index is 12.7. The van der Waals surface area contributed by atoms with Crippen LogP contribution in [0.2, 0.25) is 0 Å². The predicted molar refractivity (Wildman–Crippen MR) is 63.5 cm³/mol. The van der Waals surface area contributed by atoms with Crippen LogP contribution in [0, 0.1) is 0 Å². The lowest BCUT2D eigenvalue weighted by Gasteiger charge is -2.33. The van der Waals surface area contributed by atoms with Crippen LogP contribution >= 0.6 is 0 Å². The minimum Gasteiger partial charge on any atom is -0.468 e. The summed E-state index contributed by atoms with van der Waals surface area (Å²) in [5.74, 6) is -0.0411. The fraction of sp³-hybridized carbons (Fsp3) is 0.667. The summed E-state index contributed by atoms with van der Waals surface area (Å²) in [5.41, 5.74) is 0. The van der Waals surface area contributed by atoms with Crippen molar-refractivity contribution >= 4 is 5.97 Å². The van der Waals surface area contributed by atoms with E-state index >= 15 is 0 Å². The summed E-state index contributed by atoms with van der Waals surface area (Å²) >= 11 is 0. The van der Waals surface area contributed by atoms with E-state index in [9.17, 15) is 13.6 Å². The van der Waals surface area contributed by atoms with Crippen molar-refractivity contribution in [2.45, 2.75) is 38.4 Å². The van der Waals surface area contributed by atoms with Crippen LogP contribution in [0.4, 0.5) is 8.78 Å². The molecule has 2 rings (SSSR count). The Labute approximate surface area is 110 Å². The second kappa shape index (κ2) is 6.10. The molecule has 0 aromatic carbocycles. The molecule has 106 valence electrons. The third-order valence-electron chi connectivity index (χ3n) is 3.39. The highest BCUT2D eigenvalue weighted by molar-refractivity contribution is 5.75. The number of esters is 1. The standard InChI is InChI=1S/C12H17F2N3O2/c1-19-11(18)9-4-2-3-6-16(9)8-10-15-5-7-17(10)12(13)14/h5,7,9,12H,2-4,6,8H2,1H3. The summed E-state index contributed by atoms with van der Waals surface area (Å²) in [6, 6.07) is -0.360. The minimum absolute atomic E-state index is 0.233. The van der Waals surface area contributed by atoms with E-state index < -0.39 is 6.55 Å². The topological polar surface area (TPSA) is 47.4 Å². The summed E-state index contributed by atoms with van der Waals surface area (Å²) in [6.45, 7) is -1.69. The summed E-state index contributed by atoms with van der Waals surface area (Å²) in [7, 11) is 1.34. The molecule has 1 fully saturated rings. The number of piperidine rings is 1. The number of carbonyl (C=O) groups excluding carboxylic acids is 1. The van der Waals surface area contributed by atoms with Crippen molar-refractivity contribution in [3.63, 3.8) is 0 Å². The molecule has 5 nitrogen and oxygen atoms in total. The number of aromatic nitrogens is 2. The van der Waals surface area contributed by atoms with Crippen molar-refractivity contribution in [2.75, 3.05) is 13.7 Å². The fourth-order valence-corrected chi connectivity index (χ4v) is 2.41. The Kier molecular flexibility index (Phi) is 4.47. The Morgan fingerprint density at radius 1 is 1.58 bits per heavy atom. The molecule has 1 aromatic heterocycles. The number of methoxy groups -OCH3 is 1. The Bertz CT molecular complexity index is 436. The molecule has 1 aliphatic rings. The second-order valence-corrected chi connectivity index (χ2v) is 4.53. The van der Waals surface area contributed by atoms with Gasteiger partial charge in [-0.2, -0.15) is 8.78 Å². The van der Waals surface area contributed by atoms with Gasteiger partial charge >= 0.3 is 12.5 Å². The molecule has 1 atom stereocenters. The van der Waals surface area contributed by atoms with Gasteiger partial charge in [-0.1, -0.05) is 6.42 Å². The van der Waals surface area contributed by atoms with Gasteiger partial charge in [-0.15, -0.1) is 0 Å². The van der Waals surface area contributed by atoms with E-state index in [1.54, 1.807) is 0 Å². The van der Waals surface area contributed by atoms with Crippen molar-refractivity contribution in [3.05, 3.63) is 18.2 Å². The quantitative estimate of drug-likeness (QED) is 0.785. The average Bonchev–Trinajstić information content (AvgIpc) is 2.87. The third kappa shape index (κ3) is 3.09. The van der Waals surface area contributed by atoms with Crippen LogP contribution < -0.4 is 0 Å². The van der Waals surface area contributed by atoms with Gasteiger partial charge in [0.25, 0.3) is 0 Å². The molecule has 0 N–H and O–H groups in total. The first-order valence-electron chi connectivity index (χ1n) is 6.25. The molecule has 0 bridgehead atoms. The van der Waals surface area contributed by atoms with E-state index in [0.29, 0.717) is 13.0 Å². The highest BCUT2D eigenvalue weighted by Crippen LogP contribution is 2.21. The van der Waals surface area contributed by atoms with Gasteiger partial charge in [0.2, 0.25) is 0 Å². The number of nitrogens with zero attached hydrogens (tertiary/aromatic N) is 3. The monoisotopic (exact) mass is 273 g/mol. The van der Waals surface area contributed by atoms with Crippen LogP contribution in [0.25, 0.3) is 0 Å². The lowest BCUT2D eigenvalue weighted by atomic mass is 10.0. The molecule has 1 aromatic rings. The van der Waals surface area contributed by atoms with E-state index in [-0.39, 0.29) is 24.4 Å². The van der Waals surface area contributed by atoms with Crippen molar-refractivity contribution < 1.29 is 18.3 Å². The van der Waals surface area contributed by atoms with Crippen molar-refractivity contribution in [1.29, 1.82) is 0 Å². The Morgan fingerprint density at radius 3 is 3.05 bits per heavy atom. The first-order chi connectivity index (χ1) is 9.13. The lowest BCUT2D eigenvalue weighted by molar-refractivity contribution is -0.148. The van der Waals surface area contributed by atoms with Gasteiger partial charge in [0.1, 0.15) is 11.9 Å². The largest absolute Gasteiger partial charge is 0.468 e. The van der Waals surface area contributed by atoms with Crippen LogP contribution in [-0.2, 0) is 16.1 Å². The fourth-order valence-electron chi connectivity index (χ4n) is 2.41. The molecule has 0 aliphatic carbocycles. The van der Waals surface area contributed by atoms with Gasteiger partial charge < -0.3 is 4.74 Å². The zero-order valence-electron chi connectivity index (χ0n) is 10.8. The molecular weight excluding hydrogens is 256 g/mol. The number of hydrogen-bond donors (Lipinski definition) is 0. The predicted octanol–water partition coefficient (Wildman–Crippen LogP) is 1.81. The van der Waals surface area contributed by atoms with Gasteiger partial charge in [0, 0.05) is 12.4 Å². The number of hydrogen-bond acceptors (Lipinski definition) is 4. The van der Waals surface area contributed by atoms with Gasteiger partial charge in [-0.3, -0.25) is 14.3 Å². The molecule has 1 saturated heterocycles. The van der Waals surface area contributed by atoms with E-state index in [1.165, 1.54) is 19.5 Å². The Morgan fingerprint density at radius 2 is 2.37 bits per heavy atom. The molecule has 7 heteroatoms. The highest BCUT2D eigenvalue weighted by atomic mass is 19.3. The maximum absolute atomic E-state index is 12.7. The Balaban J connectivity index is 2.11. The molecule has 1 aliphatic heterocycles. The molecular formula is C12H17F2N3O2. The molecule has 0 spiro atoms. The number of likely N-dealkylation sites (tertiary alicyclic amines) is 1. The van der Waals surface area contributed by atoms with Crippen LogP contribution in [0.5, 0.6) is 0 Å². The van der Waals surface area contributed by atoms with E-state index in [1.807, 2.05) is 4.90 Å². The number of rotatable bonds is 4. The van der Waals surface area contributed by atoms with Gasteiger partial charge in [0.15, 0.2) is 0 Å². The minimum atomic E-state index is -2.61. The van der Waals surface area contributed by atoms with Crippen molar-refractivity contribution in [1.82, 2.24) is 14.5 Å². The van der Waals surface area contributed by atoms with Crippen LogP contribution in [0.15, 0.2) is 12.4 Å².